The molecule has 64 valence electrons. The largest absolute Gasteiger partial charge is 0.353 e. The molecule has 0 aromatic carbocycles. The zero-order valence-electron chi connectivity index (χ0n) is 6.46. The molecule has 0 bridgehead atoms. The highest BCUT2D eigenvalue weighted by atomic mass is 127. The van der Waals surface area contributed by atoms with Gasteiger partial charge in [-0.15, -0.1) is 0 Å². The molecule has 1 heterocycles. The maximum Gasteiger partial charge on any atom is 0.157 e. The highest BCUT2D eigenvalue weighted by molar-refractivity contribution is 14.1. The van der Waals surface area contributed by atoms with E-state index in [0.717, 1.165) is 13.0 Å². The Morgan fingerprint density at radius 2 is 2.45 bits per heavy atom. The van der Waals surface area contributed by atoms with Gasteiger partial charge >= 0.3 is 0 Å². The van der Waals surface area contributed by atoms with Crippen LogP contribution in [0.2, 0.25) is 0 Å². The molecule has 1 saturated heterocycles. The Morgan fingerprint density at radius 3 is 3.09 bits per heavy atom. The minimum atomic E-state index is 0.0522. The Hall–Kier alpha value is 0.390. The number of rotatable bonds is 3. The smallest absolute Gasteiger partial charge is 0.157 e. The summed E-state index contributed by atoms with van der Waals surface area (Å²) in [5, 5.41) is 0. The highest BCUT2D eigenvalue weighted by Crippen LogP contribution is 2.13. The van der Waals surface area contributed by atoms with E-state index < -0.39 is 0 Å². The fourth-order valence-electron chi connectivity index (χ4n) is 1.04. The summed E-state index contributed by atoms with van der Waals surface area (Å²) in [4.78, 5) is 0. The quantitative estimate of drug-likeness (QED) is 0.732. The van der Waals surface area contributed by atoms with Gasteiger partial charge in [0.15, 0.2) is 6.29 Å². The molecule has 1 aliphatic heterocycles. The van der Waals surface area contributed by atoms with E-state index in [0.29, 0.717) is 6.61 Å². The number of ether oxygens (including phenoxy) is 2. The zero-order chi connectivity index (χ0) is 7.94. The molecule has 0 aliphatic carbocycles. The molecule has 2 nitrogen and oxygen atoms in total. The normalized spacial score (nSPS) is 26.1. The van der Waals surface area contributed by atoms with Crippen LogP contribution in [0.25, 0.3) is 0 Å². The van der Waals surface area contributed by atoms with Crippen molar-refractivity contribution in [1.82, 2.24) is 0 Å². The van der Waals surface area contributed by atoms with Crippen LogP contribution in [0.5, 0.6) is 0 Å². The van der Waals surface area contributed by atoms with E-state index in [-0.39, 0.29) is 6.29 Å². The van der Waals surface area contributed by atoms with Gasteiger partial charge in [-0.05, 0) is 23.3 Å². The van der Waals surface area contributed by atoms with Gasteiger partial charge in [0.2, 0.25) is 0 Å². The number of hydrogen-bond donors (Lipinski definition) is 0. The molecule has 1 atom stereocenters. The molecule has 1 fully saturated rings. The van der Waals surface area contributed by atoms with Crippen LogP contribution in [0.15, 0.2) is 10.2 Å². The van der Waals surface area contributed by atoms with Gasteiger partial charge in [0, 0.05) is 6.61 Å². The second-order valence-corrected chi connectivity index (χ2v) is 3.21. The minimum absolute atomic E-state index is 0.0522. The summed E-state index contributed by atoms with van der Waals surface area (Å²) in [6.07, 6.45) is 5.50. The molecule has 0 unspecified atom stereocenters. The maximum atomic E-state index is 5.41. The number of halogens is 1. The van der Waals surface area contributed by atoms with Crippen molar-refractivity contribution in [3.8, 4) is 0 Å². The summed E-state index contributed by atoms with van der Waals surface area (Å²) >= 11 is 2.18. The van der Waals surface area contributed by atoms with Gasteiger partial charge in [0.05, 0.1) is 6.61 Å². The molecular weight excluding hydrogens is 255 g/mol. The third-order valence-electron chi connectivity index (χ3n) is 1.61. The zero-order valence-corrected chi connectivity index (χ0v) is 8.62. The average Bonchev–Trinajstić information content (AvgIpc) is 2.07. The van der Waals surface area contributed by atoms with Crippen LogP contribution >= 0.6 is 22.6 Å². The van der Waals surface area contributed by atoms with Crippen molar-refractivity contribution in [2.75, 3.05) is 13.2 Å². The summed E-state index contributed by atoms with van der Waals surface area (Å²) in [6, 6.07) is 0. The molecule has 3 heteroatoms. The average molecular weight is 268 g/mol. The fraction of sp³-hybridized carbons (Fsp3) is 0.750. The van der Waals surface area contributed by atoms with Gasteiger partial charge in [-0.25, -0.2) is 0 Å². The minimum Gasteiger partial charge on any atom is -0.353 e. The van der Waals surface area contributed by atoms with Crippen LogP contribution in [0.4, 0.5) is 0 Å². The van der Waals surface area contributed by atoms with E-state index in [1.807, 2.05) is 10.2 Å². The topological polar surface area (TPSA) is 18.5 Å². The number of hydrogen-bond acceptors (Lipinski definition) is 2. The van der Waals surface area contributed by atoms with E-state index in [1.165, 1.54) is 12.8 Å². The van der Waals surface area contributed by atoms with Crippen molar-refractivity contribution in [3.63, 3.8) is 0 Å². The Labute approximate surface area is 81.1 Å². The van der Waals surface area contributed by atoms with Crippen LogP contribution in [0.3, 0.4) is 0 Å². The van der Waals surface area contributed by atoms with Gasteiger partial charge in [-0.2, -0.15) is 0 Å². The van der Waals surface area contributed by atoms with Crippen LogP contribution in [-0.2, 0) is 9.47 Å². The summed E-state index contributed by atoms with van der Waals surface area (Å²) < 4.78 is 12.7. The van der Waals surface area contributed by atoms with Crippen molar-refractivity contribution in [2.24, 2.45) is 0 Å². The third kappa shape index (κ3) is 4.08. The van der Waals surface area contributed by atoms with Crippen LogP contribution in [-0.4, -0.2) is 19.5 Å². The lowest BCUT2D eigenvalue weighted by Crippen LogP contribution is -2.22. The summed E-state index contributed by atoms with van der Waals surface area (Å²) in [6.45, 7) is 1.53. The van der Waals surface area contributed by atoms with Crippen molar-refractivity contribution < 1.29 is 9.47 Å². The summed E-state index contributed by atoms with van der Waals surface area (Å²) in [7, 11) is 0. The van der Waals surface area contributed by atoms with E-state index in [2.05, 4.69) is 22.6 Å². The fourth-order valence-corrected chi connectivity index (χ4v) is 1.25. The lowest BCUT2D eigenvalue weighted by molar-refractivity contribution is -0.155. The standard InChI is InChI=1S/C8H13IO2/c9-5-3-7-11-8-4-1-2-6-10-8/h3,5,8H,1-2,4,6-7H2/b5-3-/t8-/m1/s1. The molecule has 0 spiro atoms. The van der Waals surface area contributed by atoms with Crippen molar-refractivity contribution in [3.05, 3.63) is 10.2 Å². The first-order valence-corrected chi connectivity index (χ1v) is 5.16. The summed E-state index contributed by atoms with van der Waals surface area (Å²) in [5.41, 5.74) is 0. The van der Waals surface area contributed by atoms with Crippen molar-refractivity contribution in [2.45, 2.75) is 25.6 Å². The molecule has 0 radical (unpaired) electrons. The molecule has 1 aliphatic rings. The molecule has 0 aromatic heterocycles. The van der Waals surface area contributed by atoms with Crippen molar-refractivity contribution >= 4 is 22.6 Å². The second kappa shape index (κ2) is 5.97. The van der Waals surface area contributed by atoms with E-state index >= 15 is 0 Å². The Bertz CT molecular complexity index is 119. The van der Waals surface area contributed by atoms with E-state index in [4.69, 9.17) is 9.47 Å². The monoisotopic (exact) mass is 268 g/mol. The van der Waals surface area contributed by atoms with Crippen LogP contribution in [0.1, 0.15) is 19.3 Å². The molecule has 0 aromatic rings. The van der Waals surface area contributed by atoms with Gasteiger partial charge in [0.1, 0.15) is 0 Å². The second-order valence-electron chi connectivity index (χ2n) is 2.49. The van der Waals surface area contributed by atoms with Gasteiger partial charge in [-0.1, -0.05) is 28.7 Å². The molecule has 0 N–H and O–H groups in total. The SMILES string of the molecule is I/C=C\CO[C@@H]1CCCCO1. The Morgan fingerprint density at radius 1 is 1.55 bits per heavy atom. The molecule has 0 amide bonds. The third-order valence-corrected chi connectivity index (χ3v) is 2.11. The van der Waals surface area contributed by atoms with Gasteiger partial charge in [0.25, 0.3) is 0 Å². The van der Waals surface area contributed by atoms with E-state index in [1.54, 1.807) is 0 Å². The van der Waals surface area contributed by atoms with Gasteiger partial charge < -0.3 is 9.47 Å². The predicted octanol–water partition coefficient (Wildman–Crippen LogP) is 2.48. The first-order valence-electron chi connectivity index (χ1n) is 3.92. The summed E-state index contributed by atoms with van der Waals surface area (Å²) in [5.74, 6) is 0. The maximum absolute atomic E-state index is 5.41. The molecular formula is C8H13IO2. The molecule has 11 heavy (non-hydrogen) atoms. The van der Waals surface area contributed by atoms with Crippen LogP contribution < -0.4 is 0 Å². The van der Waals surface area contributed by atoms with Crippen molar-refractivity contribution in [1.29, 1.82) is 0 Å². The Balaban J connectivity index is 2.04. The van der Waals surface area contributed by atoms with E-state index in [9.17, 15) is 0 Å². The van der Waals surface area contributed by atoms with Crippen LogP contribution in [0, 0.1) is 0 Å². The Kier molecular flexibility index (Phi) is 5.14. The predicted molar refractivity (Wildman–Crippen MR) is 52.7 cm³/mol. The lowest BCUT2D eigenvalue weighted by Gasteiger charge is -2.21. The lowest BCUT2D eigenvalue weighted by atomic mass is 10.2. The first kappa shape index (κ1) is 9.48. The molecule has 0 saturated carbocycles. The molecule has 1 rings (SSSR count). The van der Waals surface area contributed by atoms with Gasteiger partial charge in [-0.3, -0.25) is 0 Å². The highest BCUT2D eigenvalue weighted by Gasteiger charge is 2.12. The first-order chi connectivity index (χ1) is 5.43.